The van der Waals surface area contributed by atoms with Crippen LogP contribution >= 0.6 is 0 Å². The highest BCUT2D eigenvalue weighted by Gasteiger charge is 2.30. The molecule has 0 spiro atoms. The lowest BCUT2D eigenvalue weighted by Gasteiger charge is -2.36. The molecule has 1 saturated heterocycles. The number of rotatable bonds is 12. The summed E-state index contributed by atoms with van der Waals surface area (Å²) in [5.41, 5.74) is 2.25. The average Bonchev–Trinajstić information content (AvgIpc) is 3.65. The fourth-order valence-corrected chi connectivity index (χ4v) is 6.51. The van der Waals surface area contributed by atoms with E-state index in [1.807, 2.05) is 26.0 Å². The fraction of sp³-hybridized carbons (Fsp3) is 0.455. The molecule has 0 aliphatic carbocycles. The fourth-order valence-electron chi connectivity index (χ4n) is 6.51. The molecule has 328 valence electrons. The van der Waals surface area contributed by atoms with E-state index in [1.54, 1.807) is 72.0 Å². The number of hydrogen-bond acceptors (Lipinski definition) is 10. The quantitative estimate of drug-likeness (QED) is 0.0752. The number of pyridine rings is 1. The standard InChI is InChI=1S/C44H53F4N7O6/c1-27-22-53(23-28(2)59-27)39-16-15-31(20-49-39)14-11-29-9-12-30(13-10-29)17-37(51-41(57)60-43(3,4)5)38(56)26-54(52-42(58)61-44(6,7)8)25-34-35(45)18-32(19-36(34)46)33-21-50-55(24-33)40(47)48/h9-10,12-13,15-16,18-21,24,27-28,37-38,40,56H,17,22-23,25-26H2,1-8H3,(H,51,57)(H,52,58)/t27-,28+,37?,38?. The number of aromatic nitrogens is 3. The van der Waals surface area contributed by atoms with Gasteiger partial charge in [-0.25, -0.2) is 33.0 Å². The third-order valence-corrected chi connectivity index (χ3v) is 9.10. The molecule has 2 unspecified atom stereocenters. The smallest absolute Gasteiger partial charge is 0.422 e. The van der Waals surface area contributed by atoms with Gasteiger partial charge in [-0.2, -0.15) is 13.9 Å². The largest absolute Gasteiger partial charge is 0.444 e. The molecule has 0 saturated carbocycles. The first-order chi connectivity index (χ1) is 28.6. The lowest BCUT2D eigenvalue weighted by Crippen LogP contribution is -2.54. The van der Waals surface area contributed by atoms with Crippen molar-refractivity contribution in [2.24, 2.45) is 0 Å². The Morgan fingerprint density at radius 3 is 2.05 bits per heavy atom. The van der Waals surface area contributed by atoms with E-state index in [1.165, 1.54) is 0 Å². The molecule has 0 bridgehead atoms. The third-order valence-electron chi connectivity index (χ3n) is 9.10. The number of alkyl halides is 2. The zero-order chi connectivity index (χ0) is 44.6. The van der Waals surface area contributed by atoms with Gasteiger partial charge in [-0.15, -0.1) is 0 Å². The van der Waals surface area contributed by atoms with Crippen LogP contribution in [0.25, 0.3) is 11.1 Å². The third kappa shape index (κ3) is 14.2. The second-order valence-electron chi connectivity index (χ2n) is 16.9. The predicted octanol–water partition coefficient (Wildman–Crippen LogP) is 7.37. The number of nitrogens with one attached hydrogen (secondary N) is 2. The van der Waals surface area contributed by atoms with E-state index < -0.39 is 72.4 Å². The number of carbonyl (C=O) groups is 2. The van der Waals surface area contributed by atoms with Gasteiger partial charge in [0.1, 0.15) is 28.7 Å². The minimum absolute atomic E-state index is 0.0458. The van der Waals surface area contributed by atoms with Crippen LogP contribution in [0.15, 0.2) is 67.1 Å². The highest BCUT2D eigenvalue weighted by atomic mass is 19.3. The lowest BCUT2D eigenvalue weighted by molar-refractivity contribution is -0.00547. The van der Waals surface area contributed by atoms with Crippen molar-refractivity contribution in [3.63, 3.8) is 0 Å². The van der Waals surface area contributed by atoms with E-state index in [2.05, 4.69) is 37.6 Å². The van der Waals surface area contributed by atoms with Gasteiger partial charge in [0.15, 0.2) is 0 Å². The van der Waals surface area contributed by atoms with Crippen molar-refractivity contribution in [1.29, 1.82) is 0 Å². The predicted molar refractivity (Wildman–Crippen MR) is 220 cm³/mol. The first-order valence-electron chi connectivity index (χ1n) is 19.8. The molecule has 61 heavy (non-hydrogen) atoms. The van der Waals surface area contributed by atoms with E-state index in [-0.39, 0.29) is 29.8 Å². The summed E-state index contributed by atoms with van der Waals surface area (Å²) in [6.07, 6.45) is 0.743. The summed E-state index contributed by atoms with van der Waals surface area (Å²) >= 11 is 0. The Morgan fingerprint density at radius 2 is 1.49 bits per heavy atom. The molecule has 1 aliphatic heterocycles. The number of anilines is 1. The van der Waals surface area contributed by atoms with Gasteiger partial charge in [-0.1, -0.05) is 24.0 Å². The van der Waals surface area contributed by atoms with Crippen molar-refractivity contribution in [2.75, 3.05) is 24.5 Å². The van der Waals surface area contributed by atoms with E-state index >= 15 is 8.78 Å². The number of aliphatic hydroxyl groups is 1. The zero-order valence-electron chi connectivity index (χ0n) is 35.5. The Bertz CT molecular complexity index is 2150. The molecule has 0 radical (unpaired) electrons. The van der Waals surface area contributed by atoms with Gasteiger partial charge < -0.3 is 29.5 Å². The SMILES string of the molecule is C[C@@H]1CN(c2ccc(C#Cc3ccc(CC(NC(=O)OC(C)(C)C)C(O)CN(Cc4c(F)cc(-c5cnn(C(F)F)c5)cc4F)NC(=O)OC(C)(C)C)cc3)cn2)C[C@H](C)O1. The number of hydrogen-bond donors (Lipinski definition) is 3. The number of benzene rings is 2. The van der Waals surface area contributed by atoms with Gasteiger partial charge in [0.05, 0.1) is 30.6 Å². The van der Waals surface area contributed by atoms with Crippen LogP contribution in [0.2, 0.25) is 0 Å². The van der Waals surface area contributed by atoms with Crippen molar-refractivity contribution >= 4 is 18.0 Å². The van der Waals surface area contributed by atoms with Crippen molar-refractivity contribution in [3.05, 3.63) is 101 Å². The topological polar surface area (TPSA) is 143 Å². The number of morpholine rings is 1. The first kappa shape index (κ1) is 46.4. The van der Waals surface area contributed by atoms with Crippen molar-refractivity contribution in [3.8, 4) is 23.0 Å². The van der Waals surface area contributed by atoms with Crippen LogP contribution in [0.3, 0.4) is 0 Å². The molecule has 1 fully saturated rings. The van der Waals surface area contributed by atoms with Gasteiger partial charge >= 0.3 is 18.7 Å². The van der Waals surface area contributed by atoms with Crippen LogP contribution < -0.4 is 15.6 Å². The number of amides is 2. The molecule has 2 aromatic heterocycles. The molecule has 4 atom stereocenters. The number of carbonyl (C=O) groups excluding carboxylic acids is 2. The molecule has 17 heteroatoms. The minimum Gasteiger partial charge on any atom is -0.444 e. The Labute approximate surface area is 353 Å². The van der Waals surface area contributed by atoms with E-state index in [0.717, 1.165) is 54.0 Å². The van der Waals surface area contributed by atoms with Crippen LogP contribution in [-0.4, -0.2) is 92.3 Å². The molecule has 1 aliphatic rings. The van der Waals surface area contributed by atoms with E-state index in [9.17, 15) is 23.5 Å². The van der Waals surface area contributed by atoms with Crippen LogP contribution in [0.1, 0.15) is 84.2 Å². The molecule has 2 amide bonds. The summed E-state index contributed by atoms with van der Waals surface area (Å²) in [7, 11) is 0. The number of hydrazine groups is 1. The van der Waals surface area contributed by atoms with E-state index in [4.69, 9.17) is 14.2 Å². The number of alkyl carbamates (subject to hydrolysis) is 1. The summed E-state index contributed by atoms with van der Waals surface area (Å²) in [5, 5.41) is 19.0. The first-order valence-corrected chi connectivity index (χ1v) is 19.8. The number of halogens is 4. The van der Waals surface area contributed by atoms with Gasteiger partial charge in [0, 0.05) is 60.8 Å². The second-order valence-corrected chi connectivity index (χ2v) is 16.9. The average molecular weight is 852 g/mol. The molecular formula is C44H53F4N7O6. The monoisotopic (exact) mass is 851 g/mol. The normalized spacial score (nSPS) is 16.7. The molecular weight excluding hydrogens is 799 g/mol. The number of nitrogens with zero attached hydrogens (tertiary/aromatic N) is 5. The lowest BCUT2D eigenvalue weighted by atomic mass is 9.99. The molecule has 5 rings (SSSR count). The van der Waals surface area contributed by atoms with Crippen molar-refractivity contribution < 1.29 is 46.5 Å². The van der Waals surface area contributed by atoms with Crippen LogP contribution in [-0.2, 0) is 27.2 Å². The van der Waals surface area contributed by atoms with Gasteiger partial charge in [-0.05, 0) is 109 Å². The van der Waals surface area contributed by atoms with Gasteiger partial charge in [0.25, 0.3) is 0 Å². The number of ether oxygens (including phenoxy) is 3. The second kappa shape index (κ2) is 19.8. The zero-order valence-corrected chi connectivity index (χ0v) is 35.5. The minimum atomic E-state index is -2.95. The summed E-state index contributed by atoms with van der Waals surface area (Å²) in [4.78, 5) is 32.8. The maximum atomic E-state index is 15.6. The Balaban J connectivity index is 1.34. The Hall–Kier alpha value is -5.70. The van der Waals surface area contributed by atoms with Crippen molar-refractivity contribution in [2.45, 2.75) is 110 Å². The molecule has 4 aromatic rings. The van der Waals surface area contributed by atoms with Crippen molar-refractivity contribution in [1.82, 2.24) is 30.5 Å². The van der Waals surface area contributed by atoms with Gasteiger partial charge in [-0.3, -0.25) is 5.43 Å². The Kier molecular flexibility index (Phi) is 15.0. The number of aliphatic hydroxyl groups excluding tert-OH is 1. The Morgan fingerprint density at radius 1 is 0.902 bits per heavy atom. The molecule has 3 heterocycles. The maximum absolute atomic E-state index is 15.6. The van der Waals surface area contributed by atoms with Crippen LogP contribution in [0.4, 0.5) is 33.0 Å². The summed E-state index contributed by atoms with van der Waals surface area (Å²) in [6.45, 7) is 11.5. The summed E-state index contributed by atoms with van der Waals surface area (Å²) in [6, 6.07) is 11.9. The van der Waals surface area contributed by atoms with E-state index in [0.29, 0.717) is 15.8 Å². The molecule has 13 nitrogen and oxygen atoms in total. The highest BCUT2D eigenvalue weighted by molar-refractivity contribution is 5.68. The molecule has 2 aromatic carbocycles. The summed E-state index contributed by atoms with van der Waals surface area (Å²) < 4.78 is 74.4. The summed E-state index contributed by atoms with van der Waals surface area (Å²) in [5.74, 6) is 5.00. The maximum Gasteiger partial charge on any atom is 0.422 e. The van der Waals surface area contributed by atoms with Crippen LogP contribution in [0.5, 0.6) is 0 Å². The highest BCUT2D eigenvalue weighted by Crippen LogP contribution is 2.27. The molecule has 3 N–H and O–H groups in total. The van der Waals surface area contributed by atoms with Gasteiger partial charge in [0.2, 0.25) is 0 Å². The van der Waals surface area contributed by atoms with Crippen LogP contribution in [0, 0.1) is 23.5 Å².